The van der Waals surface area contributed by atoms with Gasteiger partial charge in [0.2, 0.25) is 0 Å². The molecule has 3 fully saturated rings. The molecule has 0 saturated carbocycles. The van der Waals surface area contributed by atoms with Crippen molar-refractivity contribution in [3.63, 3.8) is 0 Å². The lowest BCUT2D eigenvalue weighted by molar-refractivity contribution is 0.0390. The number of sulfone groups is 1. The monoisotopic (exact) mass is 409 g/mol. The Bertz CT molecular complexity index is 875. The number of rotatable bonds is 3. The first kappa shape index (κ1) is 19.8. The lowest BCUT2D eigenvalue weighted by atomic mass is 9.82. The van der Waals surface area contributed by atoms with Gasteiger partial charge in [0.1, 0.15) is 10.6 Å². The number of hydrogen-bond acceptors (Lipinski definition) is 5. The number of hydrogen-bond donors (Lipinski definition) is 0. The fourth-order valence-electron chi connectivity index (χ4n) is 4.72. The summed E-state index contributed by atoms with van der Waals surface area (Å²) in [5, 5.41) is 0. The summed E-state index contributed by atoms with van der Waals surface area (Å²) in [7, 11) is -1.13. The SMILES string of the molecule is Cc1ccc(C(=O)N2CC3(C2)C(CN2CCN(C)CC2)CCS3(=O)=O)cc1F. The summed E-state index contributed by atoms with van der Waals surface area (Å²) in [6.45, 7) is 6.77. The number of likely N-dealkylation sites (tertiary alicyclic amines) is 1. The molecule has 28 heavy (non-hydrogen) atoms. The Kier molecular flexibility index (Phi) is 5.00. The molecule has 0 N–H and O–H groups in total. The number of carbonyl (C=O) groups is 1. The van der Waals surface area contributed by atoms with E-state index in [4.69, 9.17) is 0 Å². The van der Waals surface area contributed by atoms with Gasteiger partial charge in [-0.2, -0.15) is 0 Å². The average molecular weight is 410 g/mol. The maximum Gasteiger partial charge on any atom is 0.254 e. The molecule has 3 saturated heterocycles. The van der Waals surface area contributed by atoms with E-state index in [0.29, 0.717) is 12.0 Å². The van der Waals surface area contributed by atoms with E-state index in [1.54, 1.807) is 24.0 Å². The maximum absolute atomic E-state index is 13.8. The third-order valence-electron chi connectivity index (χ3n) is 6.80. The standard InChI is InChI=1S/C20H28FN3O3S/c1-15-3-4-16(11-18(15)21)19(25)24-13-20(14-24)17(5-10-28(20,26)27)12-23-8-6-22(2)7-9-23/h3-4,11,17H,5-10,12-14H2,1-2H3. The van der Waals surface area contributed by atoms with Gasteiger partial charge in [-0.15, -0.1) is 0 Å². The number of benzene rings is 1. The minimum Gasteiger partial charge on any atom is -0.335 e. The van der Waals surface area contributed by atoms with E-state index in [1.165, 1.54) is 6.07 Å². The Morgan fingerprint density at radius 3 is 2.54 bits per heavy atom. The van der Waals surface area contributed by atoms with Crippen LogP contribution in [0.25, 0.3) is 0 Å². The van der Waals surface area contributed by atoms with Gasteiger partial charge in [0, 0.05) is 51.4 Å². The molecule has 1 aromatic carbocycles. The van der Waals surface area contributed by atoms with Crippen LogP contribution in [0.5, 0.6) is 0 Å². The maximum atomic E-state index is 13.8. The van der Waals surface area contributed by atoms with Gasteiger partial charge in [-0.25, -0.2) is 12.8 Å². The third-order valence-corrected chi connectivity index (χ3v) is 9.40. The number of amides is 1. The van der Waals surface area contributed by atoms with Crippen LogP contribution >= 0.6 is 0 Å². The first-order valence-corrected chi connectivity index (χ1v) is 11.6. The predicted octanol–water partition coefficient (Wildman–Crippen LogP) is 1.01. The number of halogens is 1. The summed E-state index contributed by atoms with van der Waals surface area (Å²) in [5.74, 6) is -0.445. The summed E-state index contributed by atoms with van der Waals surface area (Å²) in [6.07, 6.45) is 0.663. The van der Waals surface area contributed by atoms with Gasteiger partial charge in [0.15, 0.2) is 9.84 Å². The van der Waals surface area contributed by atoms with E-state index in [9.17, 15) is 17.6 Å². The van der Waals surface area contributed by atoms with Crippen LogP contribution in [-0.2, 0) is 9.84 Å². The van der Waals surface area contributed by atoms with Crippen LogP contribution in [0.1, 0.15) is 22.3 Å². The molecule has 0 radical (unpaired) electrons. The highest BCUT2D eigenvalue weighted by molar-refractivity contribution is 7.93. The van der Waals surface area contributed by atoms with Crippen LogP contribution in [0.2, 0.25) is 0 Å². The van der Waals surface area contributed by atoms with Crippen molar-refractivity contribution in [1.82, 2.24) is 14.7 Å². The summed E-state index contributed by atoms with van der Waals surface area (Å²) in [6, 6.07) is 4.44. The Hall–Kier alpha value is -1.51. The normalized spacial score (nSPS) is 27.1. The van der Waals surface area contributed by atoms with Crippen molar-refractivity contribution in [3.8, 4) is 0 Å². The Labute approximate surface area is 166 Å². The molecule has 4 rings (SSSR count). The molecule has 0 aliphatic carbocycles. The van der Waals surface area contributed by atoms with Crippen molar-refractivity contribution in [2.24, 2.45) is 5.92 Å². The van der Waals surface area contributed by atoms with Gasteiger partial charge >= 0.3 is 0 Å². The van der Waals surface area contributed by atoms with Crippen LogP contribution in [0, 0.1) is 18.7 Å². The minimum atomic E-state index is -3.23. The van der Waals surface area contributed by atoms with Crippen molar-refractivity contribution < 1.29 is 17.6 Å². The second-order valence-corrected chi connectivity index (χ2v) is 11.0. The van der Waals surface area contributed by atoms with E-state index in [-0.39, 0.29) is 36.2 Å². The van der Waals surface area contributed by atoms with E-state index in [0.717, 1.165) is 32.7 Å². The van der Waals surface area contributed by atoms with E-state index in [1.807, 2.05) is 0 Å². The highest BCUT2D eigenvalue weighted by atomic mass is 32.2. The zero-order chi connectivity index (χ0) is 20.1. The topological polar surface area (TPSA) is 60.9 Å². The molecule has 154 valence electrons. The highest BCUT2D eigenvalue weighted by Crippen LogP contribution is 2.45. The Morgan fingerprint density at radius 1 is 1.21 bits per heavy atom. The Morgan fingerprint density at radius 2 is 1.89 bits per heavy atom. The third kappa shape index (κ3) is 3.25. The summed E-state index contributed by atoms with van der Waals surface area (Å²) >= 11 is 0. The van der Waals surface area contributed by atoms with E-state index >= 15 is 0 Å². The lowest BCUT2D eigenvalue weighted by Gasteiger charge is -2.51. The smallest absolute Gasteiger partial charge is 0.254 e. The molecule has 8 heteroatoms. The number of carbonyl (C=O) groups excluding carboxylic acids is 1. The molecule has 3 heterocycles. The van der Waals surface area contributed by atoms with Crippen molar-refractivity contribution in [1.29, 1.82) is 0 Å². The van der Waals surface area contributed by atoms with Crippen molar-refractivity contribution in [3.05, 3.63) is 35.1 Å². The molecule has 3 aliphatic heterocycles. The molecule has 1 aromatic rings. The van der Waals surface area contributed by atoms with Crippen molar-refractivity contribution in [2.75, 3.05) is 58.6 Å². The van der Waals surface area contributed by atoms with Crippen molar-refractivity contribution >= 4 is 15.7 Å². The van der Waals surface area contributed by atoms with Crippen LogP contribution < -0.4 is 0 Å². The van der Waals surface area contributed by atoms with E-state index in [2.05, 4.69) is 16.8 Å². The first-order chi connectivity index (χ1) is 13.2. The molecule has 0 aromatic heterocycles. The van der Waals surface area contributed by atoms with Crippen LogP contribution in [0.15, 0.2) is 18.2 Å². The van der Waals surface area contributed by atoms with E-state index < -0.39 is 20.4 Å². The fourth-order valence-corrected chi connectivity index (χ4v) is 7.13. The molecule has 6 nitrogen and oxygen atoms in total. The molecule has 1 spiro atoms. The molecule has 3 aliphatic rings. The molecule has 0 bridgehead atoms. The second kappa shape index (κ2) is 7.07. The number of aryl methyl sites for hydroxylation is 1. The van der Waals surface area contributed by atoms with Gasteiger partial charge < -0.3 is 14.7 Å². The van der Waals surface area contributed by atoms with Gasteiger partial charge in [0.25, 0.3) is 5.91 Å². The number of piperazine rings is 1. The van der Waals surface area contributed by atoms with Gasteiger partial charge in [-0.05, 0) is 44.0 Å². The fraction of sp³-hybridized carbons (Fsp3) is 0.650. The van der Waals surface area contributed by atoms with Crippen LogP contribution in [0.3, 0.4) is 0 Å². The summed E-state index contributed by atoms with van der Waals surface area (Å²) in [4.78, 5) is 18.9. The quantitative estimate of drug-likeness (QED) is 0.746. The first-order valence-electron chi connectivity index (χ1n) is 9.90. The molecular formula is C20H28FN3O3S. The van der Waals surface area contributed by atoms with Crippen LogP contribution in [0.4, 0.5) is 4.39 Å². The highest BCUT2D eigenvalue weighted by Gasteiger charge is 2.62. The molecule has 1 amide bonds. The van der Waals surface area contributed by atoms with Crippen LogP contribution in [-0.4, -0.2) is 92.4 Å². The molecule has 1 unspecified atom stereocenters. The average Bonchev–Trinajstić information content (AvgIpc) is 2.88. The predicted molar refractivity (Wildman–Crippen MR) is 106 cm³/mol. The summed E-state index contributed by atoms with van der Waals surface area (Å²) < 4.78 is 38.7. The number of likely N-dealkylation sites (N-methyl/N-ethyl adjacent to an activating group) is 1. The second-order valence-electron chi connectivity index (χ2n) is 8.60. The summed E-state index contributed by atoms with van der Waals surface area (Å²) in [5.41, 5.74) is 0.770. The van der Waals surface area contributed by atoms with Gasteiger partial charge in [0.05, 0.1) is 5.75 Å². The molecular weight excluding hydrogens is 381 g/mol. The zero-order valence-electron chi connectivity index (χ0n) is 16.5. The molecule has 1 atom stereocenters. The number of nitrogens with zero attached hydrogens (tertiary/aromatic N) is 3. The largest absolute Gasteiger partial charge is 0.335 e. The lowest BCUT2D eigenvalue weighted by Crippen LogP contribution is -2.69. The van der Waals surface area contributed by atoms with Gasteiger partial charge in [-0.1, -0.05) is 6.07 Å². The minimum absolute atomic E-state index is 0.0553. The van der Waals surface area contributed by atoms with Crippen molar-refractivity contribution in [2.45, 2.75) is 18.1 Å². The Balaban J connectivity index is 1.47. The van der Waals surface area contributed by atoms with Gasteiger partial charge in [-0.3, -0.25) is 4.79 Å². The zero-order valence-corrected chi connectivity index (χ0v) is 17.3.